The van der Waals surface area contributed by atoms with Crippen LogP contribution in [0.15, 0.2) is 0 Å². The molecule has 1 N–H and O–H groups in total. The number of methoxy groups -OCH3 is 1. The Kier molecular flexibility index (Phi) is 22.0. The van der Waals surface area contributed by atoms with Crippen molar-refractivity contribution in [2.24, 2.45) is 0 Å². The van der Waals surface area contributed by atoms with Gasteiger partial charge in [-0.15, -0.1) is 0 Å². The third-order valence-electron chi connectivity index (χ3n) is 0.498. The van der Waals surface area contributed by atoms with Gasteiger partial charge >= 0.3 is 0 Å². The Morgan fingerprint density at radius 2 is 1.60 bits per heavy atom. The fraction of sp³-hybridized carbons (Fsp3) is 1.00. The molecule has 0 rings (SSSR count). The van der Waals surface area contributed by atoms with Crippen molar-refractivity contribution in [2.45, 2.75) is 34.3 Å². The monoisotopic (exact) mass is 316 g/mol. The summed E-state index contributed by atoms with van der Waals surface area (Å²) in [6, 6.07) is 0. The molecule has 0 heterocycles. The van der Waals surface area contributed by atoms with E-state index in [1.165, 1.54) is 0 Å². The van der Waals surface area contributed by atoms with Crippen molar-refractivity contribution in [1.29, 1.82) is 0 Å². The van der Waals surface area contributed by atoms with Crippen molar-refractivity contribution in [3.05, 3.63) is 0 Å². The van der Waals surface area contributed by atoms with E-state index in [4.69, 9.17) is 5.11 Å². The second-order valence-corrected chi connectivity index (χ2v) is 2.25. The zero-order valence-corrected chi connectivity index (χ0v) is 9.16. The Morgan fingerprint density at radius 3 is 1.60 bits per heavy atom. The molecule has 0 saturated heterocycles. The molecule has 0 radical (unpaired) electrons. The Bertz CT molecular complexity index is 50.1. The fourth-order valence-corrected chi connectivity index (χ4v) is 0.353. The zero-order chi connectivity index (χ0) is 5.91. The third-order valence-corrected chi connectivity index (χ3v) is 0.498. The van der Waals surface area contributed by atoms with Gasteiger partial charge in [-0.05, 0) is 13.8 Å². The molecule has 0 fully saturated rings. The molecule has 0 aliphatic heterocycles. The second-order valence-electron chi connectivity index (χ2n) is 2.25. The van der Waals surface area contributed by atoms with Gasteiger partial charge in [0.15, 0.2) is 0 Å². The van der Waals surface area contributed by atoms with Gasteiger partial charge < -0.3 is 9.84 Å². The molecule has 0 aromatic heterocycles. The maximum atomic E-state index is 8.89. The van der Waals surface area contributed by atoms with Crippen molar-refractivity contribution < 1.29 is 35.7 Å². The predicted molar refractivity (Wildman–Crippen MR) is 41.6 cm³/mol. The van der Waals surface area contributed by atoms with Gasteiger partial charge in [-0.3, -0.25) is 0 Å². The van der Waals surface area contributed by atoms with E-state index >= 15 is 0 Å². The van der Waals surface area contributed by atoms with Crippen LogP contribution in [0.5, 0.6) is 0 Å². The van der Waals surface area contributed by atoms with Crippen molar-refractivity contribution >= 4 is 0 Å². The first-order valence-corrected chi connectivity index (χ1v) is 2.27. The van der Waals surface area contributed by atoms with Crippen LogP contribution in [0.4, 0.5) is 0 Å². The number of ether oxygens (including phenoxy) is 1. The van der Waals surface area contributed by atoms with E-state index in [0.29, 0.717) is 6.61 Å². The zero-order valence-electron chi connectivity index (χ0n) is 5.56. The molecule has 2 nitrogen and oxygen atoms in total. The normalized spacial score (nSPS) is 8.40. The first-order valence-electron chi connectivity index (χ1n) is 2.27. The van der Waals surface area contributed by atoms with E-state index in [2.05, 4.69) is 4.74 Å². The average Bonchev–Trinajstić information content (AvgIpc) is 1.30. The van der Waals surface area contributed by atoms with Gasteiger partial charge in [0.2, 0.25) is 0 Å². The molecule has 0 aliphatic rings. The molecule has 0 bridgehead atoms. The maximum absolute atomic E-state index is 8.89. The smallest absolute Gasteiger partial charge is 0.0824 e. The van der Waals surface area contributed by atoms with E-state index in [9.17, 15) is 0 Å². The number of hydrogen-bond donors (Lipinski definition) is 1. The van der Waals surface area contributed by atoms with Gasteiger partial charge in [0.1, 0.15) is 0 Å². The van der Waals surface area contributed by atoms with E-state index in [0.717, 1.165) is 0 Å². The molecular weight excluding hydrogens is 295 g/mol. The van der Waals surface area contributed by atoms with Gasteiger partial charge in [-0.1, -0.05) is 14.9 Å². The van der Waals surface area contributed by atoms with Gasteiger partial charge in [0.25, 0.3) is 0 Å². The average molecular weight is 315 g/mol. The Morgan fingerprint density at radius 1 is 1.30 bits per heavy atom. The summed E-state index contributed by atoms with van der Waals surface area (Å²) in [7, 11) is 1.57. The molecule has 64 valence electrons. The minimum atomic E-state index is -0.672. The molecule has 0 aromatic rings. The Labute approximate surface area is 83.8 Å². The van der Waals surface area contributed by atoms with Gasteiger partial charge in [-0.25, -0.2) is 0 Å². The SMILES string of the molecule is C.C.COCC(C)(C)O.[Hf]. The molecule has 0 spiro atoms. The van der Waals surface area contributed by atoms with Gasteiger partial charge in [0.05, 0.1) is 12.2 Å². The number of hydrogen-bond acceptors (Lipinski definition) is 2. The van der Waals surface area contributed by atoms with Crippen LogP contribution in [0, 0.1) is 0 Å². The van der Waals surface area contributed by atoms with Crippen molar-refractivity contribution in [3.63, 3.8) is 0 Å². The van der Waals surface area contributed by atoms with E-state index < -0.39 is 5.60 Å². The maximum Gasteiger partial charge on any atom is 0.0824 e. The van der Waals surface area contributed by atoms with Crippen molar-refractivity contribution in [3.8, 4) is 0 Å². The Balaban J connectivity index is -0.0000000600. The topological polar surface area (TPSA) is 29.5 Å². The van der Waals surface area contributed by atoms with Gasteiger partial charge in [0, 0.05) is 33.0 Å². The van der Waals surface area contributed by atoms with Crippen LogP contribution in [0.1, 0.15) is 28.7 Å². The first-order chi connectivity index (χ1) is 3.06. The summed E-state index contributed by atoms with van der Waals surface area (Å²) in [4.78, 5) is 0. The molecular formula is C7H20HfO2. The summed E-state index contributed by atoms with van der Waals surface area (Å²) in [5.74, 6) is 0. The minimum Gasteiger partial charge on any atom is -0.388 e. The molecule has 0 amide bonds. The van der Waals surface area contributed by atoms with Crippen LogP contribution in [0.25, 0.3) is 0 Å². The quantitative estimate of drug-likeness (QED) is 0.786. The minimum absolute atomic E-state index is 0. The molecule has 0 aromatic carbocycles. The standard InChI is InChI=1S/C5H12O2.2CH4.Hf/c1-5(2,6)4-7-3;;;/h6H,4H2,1-3H3;2*1H4;. The molecule has 10 heavy (non-hydrogen) atoms. The van der Waals surface area contributed by atoms with Crippen LogP contribution in [0.3, 0.4) is 0 Å². The van der Waals surface area contributed by atoms with Crippen LogP contribution in [-0.4, -0.2) is 24.4 Å². The largest absolute Gasteiger partial charge is 0.388 e. The Hall–Kier alpha value is 0.790. The molecule has 0 saturated carbocycles. The van der Waals surface area contributed by atoms with E-state index in [1.54, 1.807) is 21.0 Å². The van der Waals surface area contributed by atoms with E-state index in [1.807, 2.05) is 0 Å². The van der Waals surface area contributed by atoms with Crippen molar-refractivity contribution in [2.75, 3.05) is 13.7 Å². The van der Waals surface area contributed by atoms with Crippen LogP contribution < -0.4 is 0 Å². The van der Waals surface area contributed by atoms with Crippen LogP contribution in [0.2, 0.25) is 0 Å². The molecule has 0 atom stereocenters. The fourth-order valence-electron chi connectivity index (χ4n) is 0.353. The number of rotatable bonds is 2. The summed E-state index contributed by atoms with van der Waals surface area (Å²) in [5, 5.41) is 8.89. The molecule has 0 aliphatic carbocycles. The predicted octanol–water partition coefficient (Wildman–Crippen LogP) is 1.67. The summed E-state index contributed by atoms with van der Waals surface area (Å²) in [6.07, 6.45) is 0. The number of aliphatic hydroxyl groups is 1. The summed E-state index contributed by atoms with van der Waals surface area (Å²) >= 11 is 0. The first kappa shape index (κ1) is 22.4. The van der Waals surface area contributed by atoms with Crippen LogP contribution >= 0.6 is 0 Å². The molecule has 3 heteroatoms. The summed E-state index contributed by atoms with van der Waals surface area (Å²) < 4.78 is 4.66. The molecule has 0 unspecified atom stereocenters. The summed E-state index contributed by atoms with van der Waals surface area (Å²) in [5.41, 5.74) is -0.672. The summed E-state index contributed by atoms with van der Waals surface area (Å²) in [6.45, 7) is 3.81. The van der Waals surface area contributed by atoms with Crippen molar-refractivity contribution in [1.82, 2.24) is 0 Å². The van der Waals surface area contributed by atoms with Gasteiger partial charge in [-0.2, -0.15) is 0 Å². The van der Waals surface area contributed by atoms with E-state index in [-0.39, 0.29) is 40.7 Å². The second kappa shape index (κ2) is 9.79. The van der Waals surface area contributed by atoms with Crippen LogP contribution in [-0.2, 0) is 30.6 Å². The third kappa shape index (κ3) is 23.2.